The van der Waals surface area contributed by atoms with E-state index < -0.39 is 4.32 Å². The van der Waals surface area contributed by atoms with E-state index in [9.17, 15) is 9.59 Å². The second-order valence-corrected chi connectivity index (χ2v) is 7.55. The number of ether oxygens (including phenoxy) is 1. The molecule has 2 amide bonds. The normalized spacial score (nSPS) is 24.7. The van der Waals surface area contributed by atoms with Crippen LogP contribution in [0.4, 0.5) is 0 Å². The summed E-state index contributed by atoms with van der Waals surface area (Å²) in [5.74, 6) is 0.0718. The number of carbonyl (C=O) groups excluding carboxylic acids is 2. The van der Waals surface area contributed by atoms with Gasteiger partial charge in [-0.15, -0.1) is 0 Å². The van der Waals surface area contributed by atoms with Gasteiger partial charge in [-0.05, 0) is 26.7 Å². The van der Waals surface area contributed by atoms with E-state index in [0.717, 1.165) is 12.8 Å². The van der Waals surface area contributed by atoms with Gasteiger partial charge in [0.05, 0.1) is 17.5 Å². The fraction of sp³-hybridized carbons (Fsp3) is 0.846. The van der Waals surface area contributed by atoms with Crippen LogP contribution in [0.2, 0.25) is 0 Å². The summed E-state index contributed by atoms with van der Waals surface area (Å²) in [7, 11) is 0. The molecule has 0 bridgehead atoms. The minimum atomic E-state index is -0.610. The molecule has 19 heavy (non-hydrogen) atoms. The highest BCUT2D eigenvalue weighted by atomic mass is 79.9. The van der Waals surface area contributed by atoms with E-state index in [0.29, 0.717) is 32.8 Å². The molecule has 2 fully saturated rings. The number of hydrogen-bond acceptors (Lipinski definition) is 3. The van der Waals surface area contributed by atoms with Crippen molar-refractivity contribution >= 4 is 27.7 Å². The first-order valence-electron chi connectivity index (χ1n) is 6.78. The highest BCUT2D eigenvalue weighted by Crippen LogP contribution is 2.27. The number of amides is 2. The molecule has 0 spiro atoms. The number of hydrogen-bond donors (Lipinski definition) is 0. The van der Waals surface area contributed by atoms with Crippen molar-refractivity contribution < 1.29 is 14.3 Å². The maximum atomic E-state index is 12.5. The van der Waals surface area contributed by atoms with Crippen molar-refractivity contribution in [2.75, 3.05) is 32.8 Å². The van der Waals surface area contributed by atoms with Gasteiger partial charge >= 0.3 is 0 Å². The molecule has 108 valence electrons. The summed E-state index contributed by atoms with van der Waals surface area (Å²) in [5, 5.41) is 0. The lowest BCUT2D eigenvalue weighted by Gasteiger charge is -2.34. The van der Waals surface area contributed by atoms with Gasteiger partial charge in [-0.25, -0.2) is 0 Å². The van der Waals surface area contributed by atoms with Gasteiger partial charge in [-0.3, -0.25) is 9.59 Å². The predicted molar refractivity (Wildman–Crippen MR) is 75.1 cm³/mol. The summed E-state index contributed by atoms with van der Waals surface area (Å²) in [4.78, 5) is 28.4. The number of nitrogens with zero attached hydrogens (tertiary/aromatic N) is 2. The molecule has 0 radical (unpaired) electrons. The van der Waals surface area contributed by atoms with E-state index in [-0.39, 0.29) is 17.9 Å². The molecule has 2 heterocycles. The quantitative estimate of drug-likeness (QED) is 0.709. The molecule has 2 aliphatic rings. The second-order valence-electron chi connectivity index (χ2n) is 5.57. The fourth-order valence-electron chi connectivity index (χ4n) is 2.60. The molecule has 0 aromatic carbocycles. The SMILES string of the molecule is CC(C)(Br)C(=O)N1CCCC1C(=O)N1CCOCC1. The maximum Gasteiger partial charge on any atom is 0.245 e. The Morgan fingerprint density at radius 2 is 1.84 bits per heavy atom. The van der Waals surface area contributed by atoms with Crippen molar-refractivity contribution in [2.45, 2.75) is 37.1 Å². The summed E-state index contributed by atoms with van der Waals surface area (Å²) < 4.78 is 4.65. The van der Waals surface area contributed by atoms with Crippen LogP contribution in [0.1, 0.15) is 26.7 Å². The average molecular weight is 333 g/mol. The molecule has 5 nitrogen and oxygen atoms in total. The van der Waals surface area contributed by atoms with Gasteiger partial charge in [0.15, 0.2) is 0 Å². The largest absolute Gasteiger partial charge is 0.378 e. The van der Waals surface area contributed by atoms with E-state index in [4.69, 9.17) is 4.74 Å². The zero-order chi connectivity index (χ0) is 14.0. The number of likely N-dealkylation sites (tertiary alicyclic amines) is 1. The van der Waals surface area contributed by atoms with Crippen LogP contribution in [-0.4, -0.2) is 64.8 Å². The van der Waals surface area contributed by atoms with Crippen molar-refractivity contribution in [3.8, 4) is 0 Å². The average Bonchev–Trinajstić information content (AvgIpc) is 2.85. The second kappa shape index (κ2) is 5.79. The Morgan fingerprint density at radius 3 is 2.42 bits per heavy atom. The van der Waals surface area contributed by atoms with Crippen LogP contribution in [-0.2, 0) is 14.3 Å². The minimum absolute atomic E-state index is 0.00314. The van der Waals surface area contributed by atoms with Crippen LogP contribution in [0.25, 0.3) is 0 Å². The third-order valence-electron chi connectivity index (χ3n) is 3.63. The molecule has 0 aliphatic carbocycles. The Morgan fingerprint density at radius 1 is 1.21 bits per heavy atom. The summed E-state index contributed by atoms with van der Waals surface area (Å²) in [6.07, 6.45) is 1.67. The van der Waals surface area contributed by atoms with Crippen LogP contribution in [0.15, 0.2) is 0 Å². The van der Waals surface area contributed by atoms with Gasteiger partial charge in [0, 0.05) is 19.6 Å². The van der Waals surface area contributed by atoms with Crippen LogP contribution < -0.4 is 0 Å². The zero-order valence-electron chi connectivity index (χ0n) is 11.5. The number of carbonyl (C=O) groups is 2. The third-order valence-corrected chi connectivity index (χ3v) is 3.97. The Balaban J connectivity index is 2.05. The molecular weight excluding hydrogens is 312 g/mol. The molecule has 0 aromatic heterocycles. The van der Waals surface area contributed by atoms with Crippen molar-refractivity contribution in [2.24, 2.45) is 0 Å². The van der Waals surface area contributed by atoms with Crippen LogP contribution in [0, 0.1) is 0 Å². The monoisotopic (exact) mass is 332 g/mol. The molecule has 1 atom stereocenters. The van der Waals surface area contributed by atoms with Gasteiger partial charge in [0.1, 0.15) is 6.04 Å². The van der Waals surface area contributed by atoms with E-state index in [1.807, 2.05) is 18.7 Å². The van der Waals surface area contributed by atoms with Gasteiger partial charge in [0.25, 0.3) is 0 Å². The Hall–Kier alpha value is -0.620. The summed E-state index contributed by atoms with van der Waals surface area (Å²) in [6, 6.07) is -0.289. The summed E-state index contributed by atoms with van der Waals surface area (Å²) in [5.41, 5.74) is 0. The lowest BCUT2D eigenvalue weighted by atomic mass is 10.1. The van der Waals surface area contributed by atoms with Crippen LogP contribution in [0.5, 0.6) is 0 Å². The number of rotatable bonds is 2. The summed E-state index contributed by atoms with van der Waals surface area (Å²) in [6.45, 7) is 6.78. The molecule has 2 aliphatic heterocycles. The molecule has 0 saturated carbocycles. The van der Waals surface area contributed by atoms with Crippen molar-refractivity contribution in [1.29, 1.82) is 0 Å². The molecule has 2 rings (SSSR count). The van der Waals surface area contributed by atoms with E-state index >= 15 is 0 Å². The first kappa shape index (κ1) is 14.8. The van der Waals surface area contributed by atoms with E-state index in [1.165, 1.54) is 0 Å². The van der Waals surface area contributed by atoms with E-state index in [1.54, 1.807) is 4.90 Å². The third kappa shape index (κ3) is 3.28. The Labute approximate surface area is 122 Å². The van der Waals surface area contributed by atoms with E-state index in [2.05, 4.69) is 15.9 Å². The fourth-order valence-corrected chi connectivity index (χ4v) is 2.83. The van der Waals surface area contributed by atoms with Crippen molar-refractivity contribution in [3.05, 3.63) is 0 Å². The van der Waals surface area contributed by atoms with Gasteiger partial charge in [-0.2, -0.15) is 0 Å². The Bertz CT molecular complexity index is 361. The molecule has 0 N–H and O–H groups in total. The molecule has 6 heteroatoms. The molecule has 1 unspecified atom stereocenters. The first-order chi connectivity index (χ1) is 8.91. The van der Waals surface area contributed by atoms with Gasteiger partial charge in [0.2, 0.25) is 11.8 Å². The minimum Gasteiger partial charge on any atom is -0.378 e. The predicted octanol–water partition coefficient (Wildman–Crippen LogP) is 1.01. The highest BCUT2D eigenvalue weighted by molar-refractivity contribution is 9.10. The lowest BCUT2D eigenvalue weighted by Crippen LogP contribution is -2.53. The molecule has 0 aromatic rings. The Kier molecular flexibility index (Phi) is 4.50. The first-order valence-corrected chi connectivity index (χ1v) is 7.57. The number of alkyl halides is 1. The number of morpholine rings is 1. The highest BCUT2D eigenvalue weighted by Gasteiger charge is 2.41. The smallest absolute Gasteiger partial charge is 0.245 e. The zero-order valence-corrected chi connectivity index (χ0v) is 13.1. The molecule has 2 saturated heterocycles. The van der Waals surface area contributed by atoms with Crippen LogP contribution >= 0.6 is 15.9 Å². The lowest BCUT2D eigenvalue weighted by molar-refractivity contribution is -0.147. The van der Waals surface area contributed by atoms with Crippen LogP contribution in [0.3, 0.4) is 0 Å². The molecular formula is C13H21BrN2O3. The van der Waals surface area contributed by atoms with Gasteiger partial charge < -0.3 is 14.5 Å². The maximum absolute atomic E-state index is 12.5. The topological polar surface area (TPSA) is 49.9 Å². The summed E-state index contributed by atoms with van der Waals surface area (Å²) >= 11 is 3.39. The van der Waals surface area contributed by atoms with Gasteiger partial charge in [-0.1, -0.05) is 15.9 Å². The standard InChI is InChI=1S/C13H21BrN2O3/c1-13(2,14)12(18)16-5-3-4-10(16)11(17)15-6-8-19-9-7-15/h10H,3-9H2,1-2H3. The van der Waals surface area contributed by atoms with Crippen molar-refractivity contribution in [3.63, 3.8) is 0 Å². The van der Waals surface area contributed by atoms with Crippen molar-refractivity contribution in [1.82, 2.24) is 9.80 Å². The number of halogens is 1.